The van der Waals surface area contributed by atoms with Crippen LogP contribution >= 0.6 is 11.6 Å². The SMILES string of the molecule is CC(C)C(=N)c1c(Cl)cc(C(=O)O)nc1Nc1ccc(F)cc1. The standard InChI is InChI=1S/C16H15ClFN3O2/c1-8(2)14(19)13-11(17)7-12(16(22)23)21-15(13)20-10-5-3-9(18)4-6-10/h3-8,19H,1-2H3,(H,20,21)(H,22,23). The van der Waals surface area contributed by atoms with Crippen molar-refractivity contribution in [2.45, 2.75) is 13.8 Å². The van der Waals surface area contributed by atoms with Crippen molar-refractivity contribution >= 4 is 34.8 Å². The van der Waals surface area contributed by atoms with Gasteiger partial charge in [0, 0.05) is 11.4 Å². The maximum atomic E-state index is 13.0. The third-order valence-electron chi connectivity index (χ3n) is 3.14. The van der Waals surface area contributed by atoms with Crippen molar-refractivity contribution in [2.24, 2.45) is 5.92 Å². The number of aromatic carboxylic acids is 1. The maximum absolute atomic E-state index is 13.0. The molecule has 0 unspecified atom stereocenters. The van der Waals surface area contributed by atoms with Crippen LogP contribution in [0.5, 0.6) is 0 Å². The van der Waals surface area contributed by atoms with E-state index in [1.807, 2.05) is 13.8 Å². The van der Waals surface area contributed by atoms with Crippen LogP contribution in [-0.4, -0.2) is 21.8 Å². The Balaban J connectivity index is 2.55. The van der Waals surface area contributed by atoms with Crippen molar-refractivity contribution < 1.29 is 14.3 Å². The summed E-state index contributed by atoms with van der Waals surface area (Å²) in [6.45, 7) is 3.65. The molecule has 0 saturated heterocycles. The number of carboxylic acids is 1. The lowest BCUT2D eigenvalue weighted by Crippen LogP contribution is -2.14. The molecule has 1 aromatic carbocycles. The molecule has 0 spiro atoms. The van der Waals surface area contributed by atoms with Gasteiger partial charge in [0.25, 0.3) is 0 Å². The molecular formula is C16H15ClFN3O2. The molecule has 3 N–H and O–H groups in total. The van der Waals surface area contributed by atoms with Crippen molar-refractivity contribution in [1.82, 2.24) is 4.98 Å². The topological polar surface area (TPSA) is 86.1 Å². The highest BCUT2D eigenvalue weighted by Gasteiger charge is 2.20. The van der Waals surface area contributed by atoms with E-state index >= 15 is 0 Å². The van der Waals surface area contributed by atoms with Gasteiger partial charge in [0.15, 0.2) is 5.69 Å². The summed E-state index contributed by atoms with van der Waals surface area (Å²) in [6.07, 6.45) is 0. The molecule has 0 saturated carbocycles. The Morgan fingerprint density at radius 1 is 1.35 bits per heavy atom. The zero-order valence-corrected chi connectivity index (χ0v) is 13.3. The second-order valence-corrected chi connectivity index (χ2v) is 5.63. The number of carbonyl (C=O) groups is 1. The molecule has 1 aromatic heterocycles. The van der Waals surface area contributed by atoms with Gasteiger partial charge in [-0.05, 0) is 36.2 Å². The zero-order valence-electron chi connectivity index (χ0n) is 12.5. The highest BCUT2D eigenvalue weighted by Crippen LogP contribution is 2.29. The van der Waals surface area contributed by atoms with E-state index in [1.165, 1.54) is 30.3 Å². The van der Waals surface area contributed by atoms with Crippen LogP contribution in [0, 0.1) is 17.1 Å². The monoisotopic (exact) mass is 335 g/mol. The summed E-state index contributed by atoms with van der Waals surface area (Å²) in [7, 11) is 0. The van der Waals surface area contributed by atoms with Crippen LogP contribution in [0.25, 0.3) is 0 Å². The number of anilines is 2. The van der Waals surface area contributed by atoms with E-state index < -0.39 is 11.8 Å². The lowest BCUT2D eigenvalue weighted by atomic mass is 10.00. The van der Waals surface area contributed by atoms with Gasteiger partial charge in [0.2, 0.25) is 0 Å². The molecule has 0 aliphatic heterocycles. The Labute approximate surface area is 137 Å². The highest BCUT2D eigenvalue weighted by atomic mass is 35.5. The van der Waals surface area contributed by atoms with Crippen LogP contribution in [0.2, 0.25) is 5.02 Å². The minimum atomic E-state index is -1.23. The smallest absolute Gasteiger partial charge is 0.354 e. The first-order valence-electron chi connectivity index (χ1n) is 6.85. The van der Waals surface area contributed by atoms with E-state index in [2.05, 4.69) is 10.3 Å². The number of pyridine rings is 1. The summed E-state index contributed by atoms with van der Waals surface area (Å²) in [6, 6.07) is 6.71. The third kappa shape index (κ3) is 3.84. The number of benzene rings is 1. The lowest BCUT2D eigenvalue weighted by Gasteiger charge is -2.16. The van der Waals surface area contributed by atoms with Crippen molar-refractivity contribution in [2.75, 3.05) is 5.32 Å². The first-order valence-corrected chi connectivity index (χ1v) is 7.22. The fraction of sp³-hybridized carbons (Fsp3) is 0.188. The van der Waals surface area contributed by atoms with Gasteiger partial charge in [-0.3, -0.25) is 0 Å². The van der Waals surface area contributed by atoms with Gasteiger partial charge in [-0.2, -0.15) is 0 Å². The number of rotatable bonds is 5. The van der Waals surface area contributed by atoms with E-state index in [1.54, 1.807) is 0 Å². The molecule has 120 valence electrons. The minimum Gasteiger partial charge on any atom is -0.477 e. The molecule has 23 heavy (non-hydrogen) atoms. The van der Waals surface area contributed by atoms with E-state index in [0.29, 0.717) is 11.3 Å². The third-order valence-corrected chi connectivity index (χ3v) is 3.44. The highest BCUT2D eigenvalue weighted by molar-refractivity contribution is 6.35. The molecule has 2 aromatic rings. The molecule has 0 radical (unpaired) electrons. The van der Waals surface area contributed by atoms with Crippen molar-refractivity contribution in [1.29, 1.82) is 5.41 Å². The molecule has 5 nitrogen and oxygen atoms in total. The Morgan fingerprint density at radius 3 is 2.48 bits per heavy atom. The van der Waals surface area contributed by atoms with E-state index in [-0.39, 0.29) is 28.2 Å². The van der Waals surface area contributed by atoms with Crippen LogP contribution in [0.15, 0.2) is 30.3 Å². The van der Waals surface area contributed by atoms with E-state index in [4.69, 9.17) is 22.1 Å². The van der Waals surface area contributed by atoms with Crippen LogP contribution in [0.1, 0.15) is 29.9 Å². The predicted molar refractivity (Wildman–Crippen MR) is 87.6 cm³/mol. The second-order valence-electron chi connectivity index (χ2n) is 5.22. The number of nitrogens with zero attached hydrogens (tertiary/aromatic N) is 1. The number of carboxylic acid groups (broad SMARTS) is 1. The van der Waals surface area contributed by atoms with Crippen LogP contribution < -0.4 is 5.32 Å². The molecular weight excluding hydrogens is 321 g/mol. The van der Waals surface area contributed by atoms with E-state index in [0.717, 1.165) is 0 Å². The largest absolute Gasteiger partial charge is 0.477 e. The van der Waals surface area contributed by atoms with Gasteiger partial charge in [-0.1, -0.05) is 25.4 Å². The fourth-order valence-corrected chi connectivity index (χ4v) is 2.22. The van der Waals surface area contributed by atoms with Crippen molar-refractivity contribution in [3.05, 3.63) is 52.4 Å². The van der Waals surface area contributed by atoms with Crippen LogP contribution in [0.4, 0.5) is 15.9 Å². The number of aromatic nitrogens is 1. The van der Waals surface area contributed by atoms with E-state index in [9.17, 15) is 9.18 Å². The molecule has 7 heteroatoms. The maximum Gasteiger partial charge on any atom is 0.354 e. The molecule has 1 heterocycles. The lowest BCUT2D eigenvalue weighted by molar-refractivity contribution is 0.0690. The number of hydrogen-bond acceptors (Lipinski definition) is 4. The van der Waals surface area contributed by atoms with Gasteiger partial charge in [-0.15, -0.1) is 0 Å². The first-order chi connectivity index (χ1) is 10.8. The molecule has 0 bridgehead atoms. The molecule has 0 fully saturated rings. The summed E-state index contributed by atoms with van der Waals surface area (Å²) >= 11 is 6.16. The van der Waals surface area contributed by atoms with Gasteiger partial charge in [0.1, 0.15) is 11.6 Å². The average molecular weight is 336 g/mol. The van der Waals surface area contributed by atoms with Gasteiger partial charge < -0.3 is 15.8 Å². The Kier molecular flexibility index (Phi) is 4.95. The number of halogens is 2. The Morgan fingerprint density at radius 2 is 1.96 bits per heavy atom. The van der Waals surface area contributed by atoms with Gasteiger partial charge in [0.05, 0.1) is 10.6 Å². The Hall–Kier alpha value is -2.47. The van der Waals surface area contributed by atoms with Gasteiger partial charge in [-0.25, -0.2) is 14.2 Å². The minimum absolute atomic E-state index is 0.126. The van der Waals surface area contributed by atoms with Gasteiger partial charge >= 0.3 is 5.97 Å². The number of nitrogens with one attached hydrogen (secondary N) is 2. The summed E-state index contributed by atoms with van der Waals surface area (Å²) in [4.78, 5) is 15.2. The molecule has 2 rings (SSSR count). The van der Waals surface area contributed by atoms with Crippen molar-refractivity contribution in [3.63, 3.8) is 0 Å². The molecule has 0 atom stereocenters. The fourth-order valence-electron chi connectivity index (χ4n) is 1.93. The second kappa shape index (κ2) is 6.75. The van der Waals surface area contributed by atoms with Crippen LogP contribution in [-0.2, 0) is 0 Å². The number of hydrogen-bond donors (Lipinski definition) is 3. The molecule has 0 amide bonds. The first kappa shape index (κ1) is 16.9. The molecule has 0 aliphatic carbocycles. The summed E-state index contributed by atoms with van der Waals surface area (Å²) in [5, 5.41) is 20.3. The average Bonchev–Trinajstić information content (AvgIpc) is 2.48. The quantitative estimate of drug-likeness (QED) is 0.709. The summed E-state index contributed by atoms with van der Waals surface area (Å²) in [5.74, 6) is -1.59. The van der Waals surface area contributed by atoms with Crippen molar-refractivity contribution in [3.8, 4) is 0 Å². The normalized spacial score (nSPS) is 10.7. The zero-order chi connectivity index (χ0) is 17.1. The summed E-state index contributed by atoms with van der Waals surface area (Å²) in [5.41, 5.74) is 0.829. The predicted octanol–water partition coefficient (Wildman–Crippen LogP) is 4.34. The van der Waals surface area contributed by atoms with Crippen LogP contribution in [0.3, 0.4) is 0 Å². The Bertz CT molecular complexity index is 761. The molecule has 0 aliphatic rings. The summed E-state index contributed by atoms with van der Waals surface area (Å²) < 4.78 is 13.0.